The van der Waals surface area contributed by atoms with Gasteiger partial charge in [-0.3, -0.25) is 19.2 Å². The van der Waals surface area contributed by atoms with E-state index in [9.17, 15) is 34.2 Å². The number of carboxylic acid groups (broad SMARTS) is 2. The van der Waals surface area contributed by atoms with Crippen LogP contribution in [0, 0.1) is 0 Å². The number of fused-ring (bicyclic) bond motifs is 1. The van der Waals surface area contributed by atoms with E-state index in [-0.39, 0.29) is 6.42 Å². The van der Waals surface area contributed by atoms with E-state index in [1.165, 1.54) is 0 Å². The fourth-order valence-electron chi connectivity index (χ4n) is 3.39. The van der Waals surface area contributed by atoms with Gasteiger partial charge in [-0.25, -0.2) is 4.79 Å². The van der Waals surface area contributed by atoms with E-state index in [2.05, 4.69) is 20.9 Å². The number of aliphatic hydroxyl groups excluding tert-OH is 2. The van der Waals surface area contributed by atoms with Gasteiger partial charge in [-0.15, -0.1) is 0 Å². The standard InChI is InChI=1S/C22H29N5O9/c1-10(29)18(22(35)36)27-21(34)15(6-11-8-24-14-5-3-2-4-12(11)14)26-20(33)16(7-17(30)31)25-19(32)13(23)9-28/h2-5,8,10,13,15-16,18,24,28-29H,6-7,9,23H2,1H3,(H,25,32)(H,26,33)(H,27,34)(H,30,31)(H,35,36). The van der Waals surface area contributed by atoms with Crippen molar-refractivity contribution < 1.29 is 44.4 Å². The Labute approximate surface area is 204 Å². The summed E-state index contributed by atoms with van der Waals surface area (Å²) >= 11 is 0. The van der Waals surface area contributed by atoms with E-state index in [1.807, 2.05) is 0 Å². The second kappa shape index (κ2) is 12.6. The minimum atomic E-state index is -1.68. The Morgan fingerprint density at radius 3 is 2.17 bits per heavy atom. The first-order valence-electron chi connectivity index (χ1n) is 10.9. The number of benzene rings is 1. The fourth-order valence-corrected chi connectivity index (χ4v) is 3.39. The Kier molecular flexibility index (Phi) is 9.90. The molecule has 0 fully saturated rings. The molecule has 0 bridgehead atoms. The third kappa shape index (κ3) is 7.49. The molecule has 0 aliphatic rings. The fraction of sp³-hybridized carbons (Fsp3) is 0.409. The zero-order valence-corrected chi connectivity index (χ0v) is 19.3. The van der Waals surface area contributed by atoms with Crippen molar-refractivity contribution >= 4 is 40.6 Å². The van der Waals surface area contributed by atoms with E-state index in [0.29, 0.717) is 5.56 Å². The van der Waals surface area contributed by atoms with Crippen molar-refractivity contribution in [3.05, 3.63) is 36.0 Å². The number of amides is 3. The molecule has 0 spiro atoms. The van der Waals surface area contributed by atoms with Crippen LogP contribution >= 0.6 is 0 Å². The summed E-state index contributed by atoms with van der Waals surface area (Å²) in [5, 5.41) is 44.6. The molecule has 14 heteroatoms. The van der Waals surface area contributed by atoms with Crippen LogP contribution in [0.25, 0.3) is 10.9 Å². The number of para-hydroxylation sites is 1. The van der Waals surface area contributed by atoms with Crippen molar-refractivity contribution in [2.45, 2.75) is 50.0 Å². The minimum Gasteiger partial charge on any atom is -0.481 e. The van der Waals surface area contributed by atoms with Gasteiger partial charge in [0.15, 0.2) is 6.04 Å². The van der Waals surface area contributed by atoms with Gasteiger partial charge in [-0.1, -0.05) is 18.2 Å². The van der Waals surface area contributed by atoms with Crippen molar-refractivity contribution in [3.8, 4) is 0 Å². The van der Waals surface area contributed by atoms with Gasteiger partial charge in [0.25, 0.3) is 0 Å². The highest BCUT2D eigenvalue weighted by Crippen LogP contribution is 2.19. The number of carbonyl (C=O) groups excluding carboxylic acids is 3. The molecule has 5 atom stereocenters. The lowest BCUT2D eigenvalue weighted by Crippen LogP contribution is -2.59. The predicted molar refractivity (Wildman–Crippen MR) is 124 cm³/mol. The highest BCUT2D eigenvalue weighted by Gasteiger charge is 2.33. The first-order valence-corrected chi connectivity index (χ1v) is 10.9. The number of aromatic nitrogens is 1. The number of nitrogens with two attached hydrogens (primary N) is 1. The van der Waals surface area contributed by atoms with Gasteiger partial charge in [-0.2, -0.15) is 0 Å². The average molecular weight is 508 g/mol. The van der Waals surface area contributed by atoms with Gasteiger partial charge >= 0.3 is 11.9 Å². The Morgan fingerprint density at radius 1 is 0.972 bits per heavy atom. The third-order valence-electron chi connectivity index (χ3n) is 5.32. The van der Waals surface area contributed by atoms with Crippen molar-refractivity contribution in [1.82, 2.24) is 20.9 Å². The third-order valence-corrected chi connectivity index (χ3v) is 5.32. The summed E-state index contributed by atoms with van der Waals surface area (Å²) in [5.41, 5.74) is 6.73. The number of carbonyl (C=O) groups is 5. The van der Waals surface area contributed by atoms with Crippen LogP contribution < -0.4 is 21.7 Å². The number of hydrogen-bond acceptors (Lipinski definition) is 8. The van der Waals surface area contributed by atoms with Gasteiger partial charge < -0.3 is 47.1 Å². The van der Waals surface area contributed by atoms with E-state index < -0.39 is 73.0 Å². The summed E-state index contributed by atoms with van der Waals surface area (Å²) in [6.45, 7) is 0.407. The van der Waals surface area contributed by atoms with Crippen molar-refractivity contribution in [3.63, 3.8) is 0 Å². The smallest absolute Gasteiger partial charge is 0.328 e. The number of hydrogen-bond donors (Lipinski definition) is 9. The van der Waals surface area contributed by atoms with Crippen LogP contribution in [0.5, 0.6) is 0 Å². The topological polar surface area (TPSA) is 244 Å². The largest absolute Gasteiger partial charge is 0.481 e. The normalized spacial score (nSPS) is 15.2. The van der Waals surface area contributed by atoms with Crippen molar-refractivity contribution in [1.29, 1.82) is 0 Å². The quantitative estimate of drug-likeness (QED) is 0.137. The second-order valence-corrected chi connectivity index (χ2v) is 8.14. The number of rotatable bonds is 13. The van der Waals surface area contributed by atoms with Crippen LogP contribution in [0.15, 0.2) is 30.5 Å². The predicted octanol–water partition coefficient (Wildman–Crippen LogP) is -2.58. The number of carboxylic acids is 2. The zero-order chi connectivity index (χ0) is 27.0. The van der Waals surface area contributed by atoms with E-state index >= 15 is 0 Å². The SMILES string of the molecule is CC(O)C(NC(=O)C(Cc1c[nH]c2ccccc12)NC(=O)C(CC(=O)O)NC(=O)C(N)CO)C(=O)O. The van der Waals surface area contributed by atoms with E-state index in [0.717, 1.165) is 17.8 Å². The van der Waals surface area contributed by atoms with Gasteiger partial charge in [0.1, 0.15) is 18.1 Å². The van der Waals surface area contributed by atoms with Crippen LogP contribution in [0.4, 0.5) is 0 Å². The molecular weight excluding hydrogens is 478 g/mol. The van der Waals surface area contributed by atoms with Crippen molar-refractivity contribution in [2.75, 3.05) is 6.61 Å². The zero-order valence-electron chi connectivity index (χ0n) is 19.3. The summed E-state index contributed by atoms with van der Waals surface area (Å²) < 4.78 is 0. The monoisotopic (exact) mass is 507 g/mol. The summed E-state index contributed by atoms with van der Waals surface area (Å²) in [4.78, 5) is 63.7. The maximum Gasteiger partial charge on any atom is 0.328 e. The van der Waals surface area contributed by atoms with E-state index in [4.69, 9.17) is 15.9 Å². The van der Waals surface area contributed by atoms with Gasteiger partial charge in [0.05, 0.1) is 19.1 Å². The van der Waals surface area contributed by atoms with Gasteiger partial charge in [0, 0.05) is 23.5 Å². The molecule has 196 valence electrons. The molecule has 0 aliphatic carbocycles. The summed E-state index contributed by atoms with van der Waals surface area (Å²) in [6.07, 6.45) is -0.868. The molecule has 2 aromatic rings. The highest BCUT2D eigenvalue weighted by atomic mass is 16.4. The average Bonchev–Trinajstić information content (AvgIpc) is 3.22. The highest BCUT2D eigenvalue weighted by molar-refractivity contribution is 5.96. The molecule has 0 radical (unpaired) electrons. The lowest BCUT2D eigenvalue weighted by Gasteiger charge is -2.25. The Hall–Kier alpha value is -4.01. The van der Waals surface area contributed by atoms with Gasteiger partial charge in [0.2, 0.25) is 17.7 Å². The number of aliphatic carboxylic acids is 2. The minimum absolute atomic E-state index is 0.141. The molecule has 0 saturated heterocycles. The maximum absolute atomic E-state index is 13.0. The first-order chi connectivity index (χ1) is 16.9. The molecular formula is C22H29N5O9. The van der Waals surface area contributed by atoms with E-state index in [1.54, 1.807) is 30.5 Å². The first kappa shape index (κ1) is 28.2. The Morgan fingerprint density at radius 2 is 1.58 bits per heavy atom. The number of H-pyrrole nitrogens is 1. The van der Waals surface area contributed by atoms with Crippen LogP contribution in [0.2, 0.25) is 0 Å². The van der Waals surface area contributed by atoms with Crippen LogP contribution in [-0.4, -0.2) is 91.9 Å². The van der Waals surface area contributed by atoms with Crippen molar-refractivity contribution in [2.24, 2.45) is 5.73 Å². The Balaban J connectivity index is 2.34. The lowest BCUT2D eigenvalue weighted by atomic mass is 10.0. The molecule has 10 N–H and O–H groups in total. The molecule has 1 heterocycles. The number of aromatic amines is 1. The maximum atomic E-state index is 13.0. The van der Waals surface area contributed by atoms with Crippen LogP contribution in [-0.2, 0) is 30.4 Å². The second-order valence-electron chi connectivity index (χ2n) is 8.14. The number of aliphatic hydroxyl groups is 2. The van der Waals surface area contributed by atoms with Crippen LogP contribution in [0.1, 0.15) is 18.9 Å². The molecule has 5 unspecified atom stereocenters. The summed E-state index contributed by atoms with van der Waals surface area (Å²) in [7, 11) is 0. The molecule has 0 aliphatic heterocycles. The molecule has 1 aromatic carbocycles. The Bertz CT molecular complexity index is 1120. The molecule has 14 nitrogen and oxygen atoms in total. The molecule has 0 saturated carbocycles. The van der Waals surface area contributed by atoms with Gasteiger partial charge in [-0.05, 0) is 18.6 Å². The van der Waals surface area contributed by atoms with Crippen LogP contribution in [0.3, 0.4) is 0 Å². The molecule has 36 heavy (non-hydrogen) atoms. The summed E-state index contributed by atoms with van der Waals surface area (Å²) in [6, 6.07) is 0.907. The molecule has 3 amide bonds. The molecule has 1 aromatic heterocycles. The number of nitrogens with one attached hydrogen (secondary N) is 4. The lowest BCUT2D eigenvalue weighted by molar-refractivity contribution is -0.145. The summed E-state index contributed by atoms with van der Waals surface area (Å²) in [5.74, 6) is -5.96. The molecule has 2 rings (SSSR count).